The lowest BCUT2D eigenvalue weighted by atomic mass is 9.72. The molecule has 0 saturated carbocycles. The van der Waals surface area contributed by atoms with Gasteiger partial charge in [0, 0.05) is 31.1 Å². The highest BCUT2D eigenvalue weighted by Crippen LogP contribution is 2.48. The van der Waals surface area contributed by atoms with Crippen LogP contribution in [0.3, 0.4) is 0 Å². The molecular formula is C46H55F7N4O5. The third-order valence-electron chi connectivity index (χ3n) is 13.6. The Morgan fingerprint density at radius 2 is 1.61 bits per heavy atom. The maximum absolute atomic E-state index is 14.1. The molecule has 2 amide bonds. The fourth-order valence-corrected chi connectivity index (χ4v) is 9.87. The molecule has 1 unspecified atom stereocenters. The topological polar surface area (TPSA) is 94.6 Å². The number of carbonyl (C=O) groups is 2. The smallest absolute Gasteiger partial charge is 0.393 e. The summed E-state index contributed by atoms with van der Waals surface area (Å²) >= 11 is 0. The minimum absolute atomic E-state index is 0.0208. The first-order valence-electron chi connectivity index (χ1n) is 21.5. The molecule has 16 heteroatoms. The number of fused-ring (bicyclic) bond motifs is 2. The van der Waals surface area contributed by atoms with Crippen LogP contribution in [0.1, 0.15) is 89.5 Å². The number of likely N-dealkylation sites (N-methyl/N-ethyl adjacent to an activating group) is 1. The van der Waals surface area contributed by atoms with Gasteiger partial charge in [0.2, 0.25) is 5.91 Å². The number of benzene rings is 3. The number of rotatable bonds is 14. The lowest BCUT2D eigenvalue weighted by molar-refractivity contribution is -0.143. The first-order chi connectivity index (χ1) is 29.5. The predicted octanol–water partition coefficient (Wildman–Crippen LogP) is 7.54. The minimum atomic E-state index is -5.12. The fourth-order valence-electron chi connectivity index (χ4n) is 9.87. The molecular weight excluding hydrogens is 822 g/mol. The summed E-state index contributed by atoms with van der Waals surface area (Å²) in [5, 5.41) is 13.9. The van der Waals surface area contributed by atoms with Crippen LogP contribution in [0.5, 0.6) is 0 Å². The van der Waals surface area contributed by atoms with Gasteiger partial charge in [0.15, 0.2) is 0 Å². The van der Waals surface area contributed by atoms with Crippen molar-refractivity contribution in [3.8, 4) is 0 Å². The van der Waals surface area contributed by atoms with Crippen molar-refractivity contribution in [3.63, 3.8) is 0 Å². The summed E-state index contributed by atoms with van der Waals surface area (Å²) < 4.78 is 109. The van der Waals surface area contributed by atoms with Gasteiger partial charge in [-0.1, -0.05) is 36.4 Å². The van der Waals surface area contributed by atoms with Crippen LogP contribution in [0.4, 0.5) is 30.7 Å². The van der Waals surface area contributed by atoms with Crippen LogP contribution < -0.4 is 5.32 Å². The number of ether oxygens (including phenoxy) is 2. The molecule has 1 spiro atoms. The van der Waals surface area contributed by atoms with Crippen molar-refractivity contribution in [1.29, 1.82) is 0 Å². The van der Waals surface area contributed by atoms with E-state index < -0.39 is 53.1 Å². The molecule has 338 valence electrons. The van der Waals surface area contributed by atoms with Crippen LogP contribution in [-0.2, 0) is 44.1 Å². The maximum Gasteiger partial charge on any atom is 0.416 e. The van der Waals surface area contributed by atoms with Crippen LogP contribution in [0.15, 0.2) is 66.7 Å². The summed E-state index contributed by atoms with van der Waals surface area (Å²) in [7, 11) is 1.78. The molecule has 7 rings (SSSR count). The highest BCUT2D eigenvalue weighted by molar-refractivity contribution is 5.95. The molecule has 0 radical (unpaired) electrons. The zero-order valence-corrected chi connectivity index (χ0v) is 34.9. The van der Waals surface area contributed by atoms with E-state index in [1.807, 2.05) is 12.1 Å². The van der Waals surface area contributed by atoms with Crippen LogP contribution in [-0.4, -0.2) is 110 Å². The quantitative estimate of drug-likeness (QED) is 0.128. The molecule has 3 fully saturated rings. The number of hydrogen-bond donors (Lipinski definition) is 2. The summed E-state index contributed by atoms with van der Waals surface area (Å²) in [5.41, 5.74) is -2.61. The molecule has 9 nitrogen and oxygen atoms in total. The van der Waals surface area contributed by atoms with E-state index >= 15 is 0 Å². The lowest BCUT2D eigenvalue weighted by Gasteiger charge is -2.44. The number of amides is 2. The highest BCUT2D eigenvalue weighted by Gasteiger charge is 2.50. The van der Waals surface area contributed by atoms with Gasteiger partial charge in [0.25, 0.3) is 5.91 Å². The van der Waals surface area contributed by atoms with Gasteiger partial charge in [-0.3, -0.25) is 9.59 Å². The summed E-state index contributed by atoms with van der Waals surface area (Å²) in [6.07, 6.45) is -4.06. The maximum atomic E-state index is 14.1. The van der Waals surface area contributed by atoms with E-state index in [2.05, 4.69) is 22.3 Å². The van der Waals surface area contributed by atoms with Crippen molar-refractivity contribution in [3.05, 3.63) is 106 Å². The second-order valence-corrected chi connectivity index (χ2v) is 17.4. The second-order valence-electron chi connectivity index (χ2n) is 17.4. The molecule has 0 aromatic heterocycles. The van der Waals surface area contributed by atoms with Crippen LogP contribution in [0.25, 0.3) is 0 Å². The number of carbonyl (C=O) groups excluding carboxylic acids is 2. The van der Waals surface area contributed by atoms with E-state index in [0.717, 1.165) is 62.9 Å². The number of halogens is 7. The molecule has 3 atom stereocenters. The number of unbranched alkanes of at least 4 members (excludes halogenated alkanes) is 1. The van der Waals surface area contributed by atoms with E-state index in [-0.39, 0.29) is 42.7 Å². The lowest BCUT2D eigenvalue weighted by Crippen LogP contribution is -2.50. The third kappa shape index (κ3) is 10.3. The number of alkyl halides is 6. The van der Waals surface area contributed by atoms with Crippen LogP contribution >= 0.6 is 0 Å². The average Bonchev–Trinajstić information content (AvgIpc) is 3.83. The van der Waals surface area contributed by atoms with E-state index in [4.69, 9.17) is 9.47 Å². The molecule has 3 heterocycles. The zero-order valence-electron chi connectivity index (χ0n) is 34.9. The van der Waals surface area contributed by atoms with Crippen molar-refractivity contribution in [2.24, 2.45) is 5.92 Å². The fraction of sp³-hybridized carbons (Fsp3) is 0.565. The zero-order chi connectivity index (χ0) is 44.3. The predicted molar refractivity (Wildman–Crippen MR) is 216 cm³/mol. The average molecular weight is 877 g/mol. The van der Waals surface area contributed by atoms with Crippen molar-refractivity contribution in [2.75, 3.05) is 66.2 Å². The Balaban J connectivity index is 0.979. The van der Waals surface area contributed by atoms with Crippen molar-refractivity contribution >= 4 is 11.8 Å². The first kappa shape index (κ1) is 45.9. The Bertz CT molecular complexity index is 1990. The molecule has 0 bridgehead atoms. The molecule has 3 aromatic carbocycles. The Hall–Kier alpha value is -4.09. The Morgan fingerprint density at radius 3 is 2.27 bits per heavy atom. The van der Waals surface area contributed by atoms with Crippen molar-refractivity contribution < 1.29 is 54.9 Å². The van der Waals surface area contributed by atoms with Crippen LogP contribution in [0.2, 0.25) is 0 Å². The van der Waals surface area contributed by atoms with E-state index in [1.54, 1.807) is 11.9 Å². The molecule has 1 aliphatic carbocycles. The highest BCUT2D eigenvalue weighted by atomic mass is 19.4. The number of nitrogens with one attached hydrogen (secondary N) is 1. The second kappa shape index (κ2) is 18.9. The van der Waals surface area contributed by atoms with Gasteiger partial charge >= 0.3 is 12.4 Å². The molecule has 3 aliphatic heterocycles. The SMILES string of the molecule is CN(CCCCC(O)C1CCNCC1)C(=O)CO[C@H]1Cc2ccccc2C12CCN(CC[C@@]1(c3ccc(F)cc3)CN(C(=O)c3cc(C(F)(F)F)cc(C(F)(F)F)c3)CO1)CC2. The number of likely N-dealkylation sites (tertiary alicyclic amines) is 1. The molecule has 3 aromatic rings. The Morgan fingerprint density at radius 1 is 0.952 bits per heavy atom. The van der Waals surface area contributed by atoms with E-state index in [9.17, 15) is 45.4 Å². The minimum Gasteiger partial charge on any atom is -0.393 e. The van der Waals surface area contributed by atoms with Crippen molar-refractivity contribution in [1.82, 2.24) is 20.0 Å². The van der Waals surface area contributed by atoms with E-state index in [0.29, 0.717) is 62.6 Å². The van der Waals surface area contributed by atoms with Gasteiger partial charge in [-0.15, -0.1) is 0 Å². The number of piperidine rings is 2. The van der Waals surface area contributed by atoms with Crippen LogP contribution in [0, 0.1) is 11.7 Å². The van der Waals surface area contributed by atoms with Crippen molar-refractivity contribution in [2.45, 2.75) is 93.4 Å². The molecule has 4 aliphatic rings. The number of aliphatic hydroxyl groups excluding tert-OH is 1. The van der Waals surface area contributed by atoms with Gasteiger partial charge in [0.05, 0.1) is 29.9 Å². The van der Waals surface area contributed by atoms with E-state index in [1.165, 1.54) is 35.4 Å². The third-order valence-corrected chi connectivity index (χ3v) is 13.6. The van der Waals surface area contributed by atoms with Gasteiger partial charge in [-0.05, 0) is 137 Å². The first-order valence-corrected chi connectivity index (χ1v) is 21.5. The monoisotopic (exact) mass is 876 g/mol. The van der Waals surface area contributed by atoms with Gasteiger partial charge in [-0.25, -0.2) is 4.39 Å². The normalized spacial score (nSPS) is 22.5. The summed E-state index contributed by atoms with van der Waals surface area (Å²) in [6, 6.07) is 14.5. The number of aliphatic hydroxyl groups is 1. The van der Waals surface area contributed by atoms with Gasteiger partial charge < -0.3 is 34.6 Å². The molecule has 62 heavy (non-hydrogen) atoms. The summed E-state index contributed by atoms with van der Waals surface area (Å²) in [6.45, 7) is 3.58. The molecule has 3 saturated heterocycles. The Kier molecular flexibility index (Phi) is 14.0. The Labute approximate surface area is 357 Å². The van der Waals surface area contributed by atoms with Gasteiger partial charge in [0.1, 0.15) is 24.8 Å². The summed E-state index contributed by atoms with van der Waals surface area (Å²) in [5.74, 6) is -1.34. The largest absolute Gasteiger partial charge is 0.416 e. The number of nitrogens with zero attached hydrogens (tertiary/aromatic N) is 3. The summed E-state index contributed by atoms with van der Waals surface area (Å²) in [4.78, 5) is 31.9. The van der Waals surface area contributed by atoms with Gasteiger partial charge in [-0.2, -0.15) is 26.3 Å². The number of hydrogen-bond acceptors (Lipinski definition) is 7. The standard InChI is InChI=1S/C46H55F7N4O5/c1-55(20-5-4-8-39(58)31-13-18-54-19-14-31)41(59)28-61-40-26-32-6-2-3-7-38(32)43(40)15-21-56(22-16-43)23-17-44(34-9-11-37(47)12-10-34)29-57(30-62-44)42(60)33-24-35(45(48,49)50)27-36(25-33)46(51,52)53/h2-3,6-7,9-12,24-25,27,31,39-40,54,58H,4-5,8,13-23,26,28-30H2,1H3/t39?,40-,44-/m0/s1. The molecule has 2 N–H and O–H groups in total.